The van der Waals surface area contributed by atoms with E-state index in [1.165, 1.54) is 43.4 Å². The van der Waals surface area contributed by atoms with Gasteiger partial charge in [-0.05, 0) is 36.6 Å². The molecule has 25 heavy (non-hydrogen) atoms. The Morgan fingerprint density at radius 2 is 2.00 bits per heavy atom. The van der Waals surface area contributed by atoms with Crippen molar-refractivity contribution in [1.29, 1.82) is 0 Å². The topological polar surface area (TPSA) is 55.6 Å². The lowest BCUT2D eigenvalue weighted by Gasteiger charge is -2.22. The van der Waals surface area contributed by atoms with Gasteiger partial charge in [-0.25, -0.2) is 14.6 Å². The van der Waals surface area contributed by atoms with Gasteiger partial charge in [-0.3, -0.25) is 0 Å². The molecule has 1 unspecified atom stereocenters. The number of nitrogens with zero attached hydrogens (tertiary/aromatic N) is 4. The lowest BCUT2D eigenvalue weighted by Crippen LogP contribution is -2.14. The first kappa shape index (κ1) is 15.3. The molecule has 0 bridgehead atoms. The van der Waals surface area contributed by atoms with Gasteiger partial charge in [0, 0.05) is 22.6 Å². The van der Waals surface area contributed by atoms with Gasteiger partial charge in [-0.15, -0.1) is 0 Å². The smallest absolute Gasteiger partial charge is 0.161 e. The molecule has 0 spiro atoms. The van der Waals surface area contributed by atoms with E-state index in [0.29, 0.717) is 6.04 Å². The summed E-state index contributed by atoms with van der Waals surface area (Å²) in [4.78, 5) is 9.24. The number of anilines is 1. The van der Waals surface area contributed by atoms with Gasteiger partial charge < -0.3 is 5.32 Å². The van der Waals surface area contributed by atoms with Crippen molar-refractivity contribution < 1.29 is 0 Å². The number of benzene rings is 1. The van der Waals surface area contributed by atoms with Crippen LogP contribution in [0.4, 0.5) is 5.69 Å². The van der Waals surface area contributed by atoms with E-state index in [-0.39, 0.29) is 5.92 Å². The second-order valence-corrected chi connectivity index (χ2v) is 7.96. The van der Waals surface area contributed by atoms with E-state index in [9.17, 15) is 0 Å². The van der Waals surface area contributed by atoms with Gasteiger partial charge in [0.15, 0.2) is 5.65 Å². The van der Waals surface area contributed by atoms with Crippen LogP contribution in [-0.4, -0.2) is 26.3 Å². The minimum absolute atomic E-state index is 0.238. The minimum atomic E-state index is 0.238. The Kier molecular flexibility index (Phi) is 3.73. The largest absolute Gasteiger partial charge is 0.384 e. The fourth-order valence-electron chi connectivity index (χ4n) is 4.30. The van der Waals surface area contributed by atoms with Crippen LogP contribution >= 0.6 is 15.9 Å². The summed E-state index contributed by atoms with van der Waals surface area (Å²) in [5.41, 5.74) is 4.55. The van der Waals surface area contributed by atoms with Gasteiger partial charge in [0.05, 0.1) is 23.3 Å². The molecule has 1 aromatic carbocycles. The summed E-state index contributed by atoms with van der Waals surface area (Å²) in [6.07, 6.45) is 10.0. The second kappa shape index (κ2) is 6.09. The van der Waals surface area contributed by atoms with Gasteiger partial charge in [0.2, 0.25) is 0 Å². The van der Waals surface area contributed by atoms with Crippen LogP contribution < -0.4 is 5.32 Å². The number of hydrogen-bond acceptors (Lipinski definition) is 4. The SMILES string of the molecule is Brc1ccc2c(c1)C(c1ncnc3c1cnn3C1CCCCC1)CN2. The predicted molar refractivity (Wildman–Crippen MR) is 102 cm³/mol. The van der Waals surface area contributed by atoms with Gasteiger partial charge >= 0.3 is 0 Å². The van der Waals surface area contributed by atoms with Crippen molar-refractivity contribution in [3.05, 3.63) is 46.5 Å². The Balaban J connectivity index is 1.60. The van der Waals surface area contributed by atoms with Gasteiger partial charge in [0.25, 0.3) is 0 Å². The number of rotatable bonds is 2. The molecule has 0 saturated heterocycles. The highest BCUT2D eigenvalue weighted by Gasteiger charge is 2.28. The zero-order valence-electron chi connectivity index (χ0n) is 14.0. The molecule has 5 nitrogen and oxygen atoms in total. The average molecular weight is 398 g/mol. The molecule has 1 atom stereocenters. The lowest BCUT2D eigenvalue weighted by molar-refractivity contribution is 0.336. The summed E-state index contributed by atoms with van der Waals surface area (Å²) in [7, 11) is 0. The summed E-state index contributed by atoms with van der Waals surface area (Å²) in [6, 6.07) is 6.88. The summed E-state index contributed by atoms with van der Waals surface area (Å²) < 4.78 is 3.24. The first-order valence-electron chi connectivity index (χ1n) is 9.02. The molecule has 2 aliphatic rings. The zero-order valence-corrected chi connectivity index (χ0v) is 15.5. The lowest BCUT2D eigenvalue weighted by atomic mass is 9.95. The molecule has 0 radical (unpaired) electrons. The van der Waals surface area contributed by atoms with Crippen LogP contribution in [-0.2, 0) is 0 Å². The Labute approximate surface area is 155 Å². The maximum absolute atomic E-state index is 4.71. The summed E-state index contributed by atoms with van der Waals surface area (Å²) in [6.45, 7) is 0.868. The van der Waals surface area contributed by atoms with Crippen molar-refractivity contribution in [1.82, 2.24) is 19.7 Å². The molecule has 1 aliphatic carbocycles. The van der Waals surface area contributed by atoms with Crippen LogP contribution in [0.2, 0.25) is 0 Å². The quantitative estimate of drug-likeness (QED) is 0.683. The first-order chi connectivity index (χ1) is 12.3. The highest BCUT2D eigenvalue weighted by Crippen LogP contribution is 2.39. The summed E-state index contributed by atoms with van der Waals surface area (Å²) >= 11 is 3.59. The second-order valence-electron chi connectivity index (χ2n) is 7.04. The molecule has 6 heteroatoms. The molecule has 3 heterocycles. The molecule has 1 saturated carbocycles. The third-order valence-electron chi connectivity index (χ3n) is 5.56. The number of aromatic nitrogens is 4. The van der Waals surface area contributed by atoms with Crippen LogP contribution in [0.5, 0.6) is 0 Å². The van der Waals surface area contributed by atoms with Crippen molar-refractivity contribution in [3.63, 3.8) is 0 Å². The molecule has 3 aromatic rings. The third-order valence-corrected chi connectivity index (χ3v) is 6.05. The molecular weight excluding hydrogens is 378 g/mol. The highest BCUT2D eigenvalue weighted by molar-refractivity contribution is 9.10. The van der Waals surface area contributed by atoms with Gasteiger partial charge in [0.1, 0.15) is 6.33 Å². The molecule has 0 amide bonds. The van der Waals surface area contributed by atoms with Crippen LogP contribution in [0, 0.1) is 0 Å². The van der Waals surface area contributed by atoms with Crippen LogP contribution in [0.25, 0.3) is 11.0 Å². The molecule has 2 aromatic heterocycles. The molecular formula is C19H20BrN5. The Morgan fingerprint density at radius 3 is 2.88 bits per heavy atom. The van der Waals surface area contributed by atoms with E-state index in [1.54, 1.807) is 6.33 Å². The minimum Gasteiger partial charge on any atom is -0.384 e. The van der Waals surface area contributed by atoms with Crippen molar-refractivity contribution in [2.45, 2.75) is 44.1 Å². The molecule has 1 fully saturated rings. The zero-order chi connectivity index (χ0) is 16.8. The van der Waals surface area contributed by atoms with Crippen LogP contribution in [0.3, 0.4) is 0 Å². The van der Waals surface area contributed by atoms with Gasteiger partial charge in [-0.1, -0.05) is 35.2 Å². The van der Waals surface area contributed by atoms with Crippen molar-refractivity contribution in [3.8, 4) is 0 Å². The molecule has 1 N–H and O–H groups in total. The normalized spacial score (nSPS) is 20.6. The number of nitrogens with one attached hydrogen (secondary N) is 1. The molecule has 128 valence electrons. The van der Waals surface area contributed by atoms with Crippen molar-refractivity contribution in [2.75, 3.05) is 11.9 Å². The maximum atomic E-state index is 4.71. The fraction of sp³-hybridized carbons (Fsp3) is 0.421. The Hall–Kier alpha value is -1.95. The van der Waals surface area contributed by atoms with E-state index >= 15 is 0 Å². The Morgan fingerprint density at radius 1 is 1.12 bits per heavy atom. The summed E-state index contributed by atoms with van der Waals surface area (Å²) in [5, 5.41) is 9.30. The molecule has 1 aliphatic heterocycles. The number of hydrogen-bond donors (Lipinski definition) is 1. The van der Waals surface area contributed by atoms with Crippen LogP contribution in [0.1, 0.15) is 55.3 Å². The van der Waals surface area contributed by atoms with E-state index < -0.39 is 0 Å². The highest BCUT2D eigenvalue weighted by atomic mass is 79.9. The van der Waals surface area contributed by atoms with Gasteiger partial charge in [-0.2, -0.15) is 5.10 Å². The Bertz CT molecular complexity index is 929. The van der Waals surface area contributed by atoms with Crippen molar-refractivity contribution >= 4 is 32.7 Å². The number of halogens is 1. The number of fused-ring (bicyclic) bond motifs is 2. The maximum Gasteiger partial charge on any atom is 0.161 e. The van der Waals surface area contributed by atoms with E-state index in [0.717, 1.165) is 27.7 Å². The van der Waals surface area contributed by atoms with E-state index in [4.69, 9.17) is 5.10 Å². The van der Waals surface area contributed by atoms with Crippen LogP contribution in [0.15, 0.2) is 35.2 Å². The standard InChI is InChI=1S/C19H20BrN5/c20-12-6-7-17-14(8-12)15(9-21-17)18-16-10-24-25(19(16)23-11-22-18)13-4-2-1-3-5-13/h6-8,10-11,13,15,21H,1-5,9H2. The fourth-order valence-corrected chi connectivity index (χ4v) is 4.68. The monoisotopic (exact) mass is 397 g/mol. The van der Waals surface area contributed by atoms with E-state index in [1.807, 2.05) is 6.20 Å². The average Bonchev–Trinajstić information content (AvgIpc) is 3.26. The third kappa shape index (κ3) is 2.54. The summed E-state index contributed by atoms with van der Waals surface area (Å²) in [5.74, 6) is 0.238. The first-order valence-corrected chi connectivity index (χ1v) is 9.82. The van der Waals surface area contributed by atoms with E-state index in [2.05, 4.69) is 54.1 Å². The van der Waals surface area contributed by atoms with Crippen molar-refractivity contribution in [2.24, 2.45) is 0 Å². The predicted octanol–water partition coefficient (Wildman–Crippen LogP) is 4.65. The molecule has 5 rings (SSSR count).